The van der Waals surface area contributed by atoms with E-state index in [1.54, 1.807) is 18.0 Å². The van der Waals surface area contributed by atoms with Crippen molar-refractivity contribution in [2.24, 2.45) is 0 Å². The highest BCUT2D eigenvalue weighted by molar-refractivity contribution is 7.97. The zero-order chi connectivity index (χ0) is 16.9. The van der Waals surface area contributed by atoms with Gasteiger partial charge in [0.15, 0.2) is 0 Å². The van der Waals surface area contributed by atoms with E-state index < -0.39 is 0 Å². The van der Waals surface area contributed by atoms with Gasteiger partial charge in [-0.2, -0.15) is 11.8 Å². The summed E-state index contributed by atoms with van der Waals surface area (Å²) in [6.45, 7) is 1.99. The third kappa shape index (κ3) is 3.60. The van der Waals surface area contributed by atoms with Gasteiger partial charge in [-0.3, -0.25) is 4.98 Å². The van der Waals surface area contributed by atoms with Crippen molar-refractivity contribution in [1.82, 2.24) is 4.98 Å². The van der Waals surface area contributed by atoms with Crippen LogP contribution in [0.15, 0.2) is 48.7 Å². The van der Waals surface area contributed by atoms with Gasteiger partial charge in [0, 0.05) is 23.8 Å². The topological polar surface area (TPSA) is 39.2 Å². The number of carbonyl (C=O) groups excluding carboxylic acids is 1. The Balaban J connectivity index is 1.97. The summed E-state index contributed by atoms with van der Waals surface area (Å²) in [5.41, 5.74) is 4.19. The Kier molecular flexibility index (Phi) is 5.16. The minimum absolute atomic E-state index is 0.428. The van der Waals surface area contributed by atoms with Crippen LogP contribution in [-0.2, 0) is 17.0 Å². The van der Waals surface area contributed by atoms with Gasteiger partial charge in [-0.05, 0) is 54.1 Å². The molecule has 0 aliphatic rings. The molecule has 0 aliphatic heterocycles. The predicted octanol–water partition coefficient (Wildman–Crippen LogP) is 4.94. The number of aldehydes is 1. The van der Waals surface area contributed by atoms with Gasteiger partial charge in [-0.25, -0.2) is 0 Å². The summed E-state index contributed by atoms with van der Waals surface area (Å²) in [6.07, 6.45) is 5.20. The first-order valence-corrected chi connectivity index (χ1v) is 9.18. The zero-order valence-electron chi connectivity index (χ0n) is 13.8. The molecule has 4 heteroatoms. The molecule has 24 heavy (non-hydrogen) atoms. The Labute approximate surface area is 146 Å². The largest absolute Gasteiger partial charge is 0.456 e. The SMILES string of the molecule is CSCc1ccc2nccc(Oc3ccc(CC=O)cc3C)c2c1. The van der Waals surface area contributed by atoms with Crippen LogP contribution >= 0.6 is 11.8 Å². The van der Waals surface area contributed by atoms with Crippen molar-refractivity contribution in [2.45, 2.75) is 19.1 Å². The molecule has 2 aromatic carbocycles. The molecule has 0 aliphatic carbocycles. The molecule has 0 radical (unpaired) electrons. The highest BCUT2D eigenvalue weighted by Crippen LogP contribution is 2.32. The number of thioether (sulfide) groups is 1. The van der Waals surface area contributed by atoms with E-state index in [9.17, 15) is 4.79 Å². The quantitative estimate of drug-likeness (QED) is 0.597. The van der Waals surface area contributed by atoms with Crippen LogP contribution in [0.4, 0.5) is 0 Å². The average Bonchev–Trinajstić information content (AvgIpc) is 2.58. The monoisotopic (exact) mass is 337 g/mol. The van der Waals surface area contributed by atoms with Crippen molar-refractivity contribution < 1.29 is 9.53 Å². The summed E-state index contributed by atoms with van der Waals surface area (Å²) >= 11 is 1.79. The molecule has 3 rings (SSSR count). The van der Waals surface area contributed by atoms with E-state index >= 15 is 0 Å². The van der Waals surface area contributed by atoms with Crippen molar-refractivity contribution in [3.63, 3.8) is 0 Å². The highest BCUT2D eigenvalue weighted by atomic mass is 32.2. The van der Waals surface area contributed by atoms with E-state index in [0.29, 0.717) is 6.42 Å². The fourth-order valence-corrected chi connectivity index (χ4v) is 3.19. The molecule has 0 unspecified atom stereocenters. The molecule has 0 atom stereocenters. The third-order valence-electron chi connectivity index (χ3n) is 3.86. The number of rotatable bonds is 6. The molecule has 0 N–H and O–H groups in total. The second-order valence-corrected chi connectivity index (χ2v) is 6.53. The van der Waals surface area contributed by atoms with Crippen LogP contribution in [0.3, 0.4) is 0 Å². The molecule has 122 valence electrons. The normalized spacial score (nSPS) is 10.8. The lowest BCUT2D eigenvalue weighted by Gasteiger charge is -2.12. The number of carbonyl (C=O) groups is 1. The summed E-state index contributed by atoms with van der Waals surface area (Å²) in [6, 6.07) is 14.0. The summed E-state index contributed by atoms with van der Waals surface area (Å²) in [5, 5.41) is 1.01. The van der Waals surface area contributed by atoms with Crippen LogP contribution in [0, 0.1) is 6.92 Å². The number of aromatic nitrogens is 1. The second kappa shape index (κ2) is 7.49. The smallest absolute Gasteiger partial charge is 0.138 e. The van der Waals surface area contributed by atoms with Crippen LogP contribution in [0.5, 0.6) is 11.5 Å². The Morgan fingerprint density at radius 2 is 1.92 bits per heavy atom. The zero-order valence-corrected chi connectivity index (χ0v) is 14.6. The predicted molar refractivity (Wildman–Crippen MR) is 100.0 cm³/mol. The summed E-state index contributed by atoms with van der Waals surface area (Å²) in [7, 11) is 0. The molecule has 0 amide bonds. The maximum atomic E-state index is 10.7. The Bertz CT molecular complexity index is 877. The van der Waals surface area contributed by atoms with Crippen LogP contribution in [0.2, 0.25) is 0 Å². The maximum absolute atomic E-state index is 10.7. The number of fused-ring (bicyclic) bond motifs is 1. The second-order valence-electron chi connectivity index (χ2n) is 5.67. The lowest BCUT2D eigenvalue weighted by molar-refractivity contribution is -0.107. The van der Waals surface area contributed by atoms with Crippen molar-refractivity contribution in [1.29, 1.82) is 0 Å². The number of benzene rings is 2. The first-order chi connectivity index (χ1) is 11.7. The van der Waals surface area contributed by atoms with Crippen LogP contribution in [-0.4, -0.2) is 17.5 Å². The lowest BCUT2D eigenvalue weighted by atomic mass is 10.1. The molecule has 0 spiro atoms. The van der Waals surface area contributed by atoms with E-state index in [0.717, 1.165) is 45.6 Å². The standard InChI is InChI=1S/C20H19NO2S/c1-14-11-15(8-10-22)4-6-19(14)23-20-7-9-21-18-5-3-16(13-24-2)12-17(18)20/h3-7,9-12H,8,13H2,1-2H3. The first kappa shape index (κ1) is 16.5. The molecule has 0 saturated carbocycles. The molecule has 1 aromatic heterocycles. The van der Waals surface area contributed by atoms with Crippen LogP contribution in [0.25, 0.3) is 10.9 Å². The van der Waals surface area contributed by atoms with Gasteiger partial charge in [-0.15, -0.1) is 0 Å². The van der Waals surface area contributed by atoms with Gasteiger partial charge in [0.1, 0.15) is 17.8 Å². The van der Waals surface area contributed by atoms with Gasteiger partial charge in [0.05, 0.1) is 5.52 Å². The van der Waals surface area contributed by atoms with E-state index in [1.165, 1.54) is 5.56 Å². The minimum Gasteiger partial charge on any atom is -0.456 e. The van der Waals surface area contributed by atoms with Crippen molar-refractivity contribution in [3.05, 3.63) is 65.4 Å². The number of nitrogens with zero attached hydrogens (tertiary/aromatic N) is 1. The molecular formula is C20H19NO2S. The van der Waals surface area contributed by atoms with E-state index in [-0.39, 0.29) is 0 Å². The molecule has 3 aromatic rings. The van der Waals surface area contributed by atoms with E-state index in [1.807, 2.05) is 37.3 Å². The number of hydrogen-bond donors (Lipinski definition) is 0. The van der Waals surface area contributed by atoms with Gasteiger partial charge in [-0.1, -0.05) is 18.2 Å². The summed E-state index contributed by atoms with van der Waals surface area (Å²) < 4.78 is 6.15. The first-order valence-electron chi connectivity index (χ1n) is 7.79. The van der Waals surface area contributed by atoms with Crippen molar-refractivity contribution in [3.8, 4) is 11.5 Å². The van der Waals surface area contributed by atoms with Crippen molar-refractivity contribution in [2.75, 3.05) is 6.26 Å². The highest BCUT2D eigenvalue weighted by Gasteiger charge is 2.08. The minimum atomic E-state index is 0.428. The van der Waals surface area contributed by atoms with E-state index in [2.05, 4.69) is 23.4 Å². The summed E-state index contributed by atoms with van der Waals surface area (Å²) in [5.74, 6) is 2.56. The molecule has 0 fully saturated rings. The van der Waals surface area contributed by atoms with Crippen LogP contribution < -0.4 is 4.74 Å². The molecule has 0 bridgehead atoms. The molecular weight excluding hydrogens is 318 g/mol. The molecule has 3 nitrogen and oxygen atoms in total. The molecule has 0 saturated heterocycles. The van der Waals surface area contributed by atoms with Gasteiger partial charge in [0.25, 0.3) is 0 Å². The Hall–Kier alpha value is -2.33. The van der Waals surface area contributed by atoms with E-state index in [4.69, 9.17) is 4.74 Å². The summed E-state index contributed by atoms with van der Waals surface area (Å²) in [4.78, 5) is 15.1. The number of ether oxygens (including phenoxy) is 1. The Morgan fingerprint density at radius 3 is 2.67 bits per heavy atom. The van der Waals surface area contributed by atoms with Gasteiger partial charge < -0.3 is 9.53 Å². The fourth-order valence-electron chi connectivity index (χ4n) is 2.68. The maximum Gasteiger partial charge on any atom is 0.138 e. The molecule has 1 heterocycles. The van der Waals surface area contributed by atoms with Crippen molar-refractivity contribution >= 4 is 29.0 Å². The number of pyridine rings is 1. The van der Waals surface area contributed by atoms with Crippen LogP contribution in [0.1, 0.15) is 16.7 Å². The Morgan fingerprint density at radius 1 is 1.08 bits per heavy atom. The average molecular weight is 337 g/mol. The number of hydrogen-bond acceptors (Lipinski definition) is 4. The third-order valence-corrected chi connectivity index (χ3v) is 4.48. The van der Waals surface area contributed by atoms with Gasteiger partial charge >= 0.3 is 0 Å². The fraction of sp³-hybridized carbons (Fsp3) is 0.200. The number of aryl methyl sites for hydroxylation is 1. The lowest BCUT2D eigenvalue weighted by Crippen LogP contribution is -1.93. The van der Waals surface area contributed by atoms with Gasteiger partial charge in [0.2, 0.25) is 0 Å².